The Morgan fingerprint density at radius 1 is 1.47 bits per heavy atom. The zero-order chi connectivity index (χ0) is 13.8. The predicted octanol–water partition coefficient (Wildman–Crippen LogP) is 1.26. The minimum Gasteiger partial charge on any atom is -0.496 e. The Labute approximate surface area is 110 Å². The smallest absolute Gasteiger partial charge is 0.270 e. The zero-order valence-electron chi connectivity index (χ0n) is 11.0. The van der Waals surface area contributed by atoms with Gasteiger partial charge in [-0.2, -0.15) is 4.80 Å². The van der Waals surface area contributed by atoms with E-state index in [2.05, 4.69) is 20.7 Å². The lowest BCUT2D eigenvalue weighted by atomic mass is 10.1. The third-order valence-corrected chi connectivity index (χ3v) is 2.62. The number of carbonyl (C=O) groups is 1. The van der Waals surface area contributed by atoms with Crippen LogP contribution in [0.4, 0.5) is 5.95 Å². The van der Waals surface area contributed by atoms with Gasteiger partial charge in [-0.25, -0.2) is 0 Å². The SMILES string of the molecule is CCn1nnc(NC(=O)c2cccc(C)c2OC)n1. The van der Waals surface area contributed by atoms with E-state index in [1.807, 2.05) is 19.9 Å². The molecule has 0 spiro atoms. The molecule has 1 heterocycles. The average Bonchev–Trinajstić information content (AvgIpc) is 2.86. The molecule has 19 heavy (non-hydrogen) atoms. The van der Waals surface area contributed by atoms with Gasteiger partial charge in [-0.1, -0.05) is 17.2 Å². The molecule has 1 aromatic heterocycles. The fourth-order valence-electron chi connectivity index (χ4n) is 1.70. The Hall–Kier alpha value is -2.44. The Morgan fingerprint density at radius 2 is 2.26 bits per heavy atom. The highest BCUT2D eigenvalue weighted by atomic mass is 16.5. The van der Waals surface area contributed by atoms with Crippen molar-refractivity contribution in [2.75, 3.05) is 12.4 Å². The molecule has 0 aliphatic rings. The Kier molecular flexibility index (Phi) is 3.74. The van der Waals surface area contributed by atoms with Gasteiger partial charge >= 0.3 is 0 Å². The summed E-state index contributed by atoms with van der Waals surface area (Å²) in [5, 5.41) is 14.1. The van der Waals surface area contributed by atoms with E-state index >= 15 is 0 Å². The second-order valence-electron chi connectivity index (χ2n) is 3.91. The minimum absolute atomic E-state index is 0.176. The number of tetrazole rings is 1. The first-order valence-electron chi connectivity index (χ1n) is 5.88. The van der Waals surface area contributed by atoms with E-state index in [9.17, 15) is 4.79 Å². The maximum absolute atomic E-state index is 12.1. The van der Waals surface area contributed by atoms with Gasteiger partial charge in [0.05, 0.1) is 19.2 Å². The van der Waals surface area contributed by atoms with Crippen molar-refractivity contribution in [1.29, 1.82) is 0 Å². The summed E-state index contributed by atoms with van der Waals surface area (Å²) in [5.41, 5.74) is 1.33. The second kappa shape index (κ2) is 5.47. The summed E-state index contributed by atoms with van der Waals surface area (Å²) in [4.78, 5) is 13.5. The third kappa shape index (κ3) is 2.70. The molecule has 1 amide bonds. The van der Waals surface area contributed by atoms with Crippen LogP contribution in [0.1, 0.15) is 22.8 Å². The number of nitrogens with one attached hydrogen (secondary N) is 1. The molecule has 0 aliphatic heterocycles. The number of rotatable bonds is 4. The number of benzene rings is 1. The van der Waals surface area contributed by atoms with Crippen LogP contribution in [0.2, 0.25) is 0 Å². The van der Waals surface area contributed by atoms with Gasteiger partial charge in [0, 0.05) is 0 Å². The minimum atomic E-state index is -0.323. The number of hydrogen-bond donors (Lipinski definition) is 1. The summed E-state index contributed by atoms with van der Waals surface area (Å²) < 4.78 is 5.24. The highest BCUT2D eigenvalue weighted by molar-refractivity contribution is 6.05. The van der Waals surface area contributed by atoms with Gasteiger partial charge in [0.1, 0.15) is 5.75 Å². The highest BCUT2D eigenvalue weighted by Crippen LogP contribution is 2.23. The van der Waals surface area contributed by atoms with Crippen LogP contribution in [0.15, 0.2) is 18.2 Å². The molecule has 7 nitrogen and oxygen atoms in total. The van der Waals surface area contributed by atoms with E-state index in [1.54, 1.807) is 12.1 Å². The van der Waals surface area contributed by atoms with E-state index in [1.165, 1.54) is 11.9 Å². The normalized spacial score (nSPS) is 10.3. The first kappa shape index (κ1) is 13.0. The van der Waals surface area contributed by atoms with Crippen molar-refractivity contribution in [3.8, 4) is 5.75 Å². The van der Waals surface area contributed by atoms with Crippen LogP contribution in [-0.4, -0.2) is 33.2 Å². The molecule has 0 saturated heterocycles. The van der Waals surface area contributed by atoms with Crippen LogP contribution in [0.25, 0.3) is 0 Å². The van der Waals surface area contributed by atoms with E-state index in [0.29, 0.717) is 17.9 Å². The Balaban J connectivity index is 2.22. The molecule has 100 valence electrons. The van der Waals surface area contributed by atoms with E-state index in [0.717, 1.165) is 5.56 Å². The molecule has 0 unspecified atom stereocenters. The lowest BCUT2D eigenvalue weighted by molar-refractivity contribution is 0.102. The summed E-state index contributed by atoms with van der Waals surface area (Å²) in [7, 11) is 1.53. The number of ether oxygens (including phenoxy) is 1. The van der Waals surface area contributed by atoms with Crippen molar-refractivity contribution in [1.82, 2.24) is 20.2 Å². The predicted molar refractivity (Wildman–Crippen MR) is 69.2 cm³/mol. The largest absolute Gasteiger partial charge is 0.496 e. The van der Waals surface area contributed by atoms with E-state index < -0.39 is 0 Å². The Bertz CT molecular complexity index is 594. The molecular formula is C12H15N5O2. The van der Waals surface area contributed by atoms with Gasteiger partial charge in [-0.3, -0.25) is 10.1 Å². The van der Waals surface area contributed by atoms with Crippen molar-refractivity contribution in [3.63, 3.8) is 0 Å². The quantitative estimate of drug-likeness (QED) is 0.896. The zero-order valence-corrected chi connectivity index (χ0v) is 11.0. The second-order valence-corrected chi connectivity index (χ2v) is 3.91. The maximum Gasteiger partial charge on any atom is 0.270 e. The molecule has 0 radical (unpaired) electrons. The highest BCUT2D eigenvalue weighted by Gasteiger charge is 2.15. The van der Waals surface area contributed by atoms with Gasteiger partial charge in [0.25, 0.3) is 11.9 Å². The van der Waals surface area contributed by atoms with Crippen LogP contribution in [-0.2, 0) is 6.54 Å². The first-order chi connectivity index (χ1) is 9.15. The maximum atomic E-state index is 12.1. The van der Waals surface area contributed by atoms with Gasteiger partial charge < -0.3 is 4.74 Å². The van der Waals surface area contributed by atoms with Gasteiger partial charge in [0.15, 0.2) is 0 Å². The standard InChI is InChI=1S/C12H15N5O2/c1-4-17-15-12(14-16-17)13-11(18)9-7-5-6-8(2)10(9)19-3/h5-7H,4H2,1-3H3,(H,13,15,18). The topological polar surface area (TPSA) is 81.9 Å². The van der Waals surface area contributed by atoms with Crippen molar-refractivity contribution in [2.24, 2.45) is 0 Å². The number of aryl methyl sites for hydroxylation is 2. The summed E-state index contributed by atoms with van der Waals surface area (Å²) in [5.74, 6) is 0.398. The van der Waals surface area contributed by atoms with Gasteiger partial charge in [0.2, 0.25) is 0 Å². The van der Waals surface area contributed by atoms with Crippen LogP contribution < -0.4 is 10.1 Å². The van der Waals surface area contributed by atoms with Crippen LogP contribution in [0.5, 0.6) is 5.75 Å². The average molecular weight is 261 g/mol. The number of anilines is 1. The lowest BCUT2D eigenvalue weighted by Gasteiger charge is -2.09. The molecule has 2 rings (SSSR count). The molecule has 0 atom stereocenters. The fraction of sp³-hybridized carbons (Fsp3) is 0.333. The lowest BCUT2D eigenvalue weighted by Crippen LogP contribution is -2.15. The van der Waals surface area contributed by atoms with Crippen molar-refractivity contribution >= 4 is 11.9 Å². The summed E-state index contributed by atoms with van der Waals surface area (Å²) in [6.07, 6.45) is 0. The van der Waals surface area contributed by atoms with Crippen molar-refractivity contribution in [3.05, 3.63) is 29.3 Å². The van der Waals surface area contributed by atoms with Crippen LogP contribution in [0.3, 0.4) is 0 Å². The number of nitrogens with zero attached hydrogens (tertiary/aromatic N) is 4. The first-order valence-corrected chi connectivity index (χ1v) is 5.88. The number of hydrogen-bond acceptors (Lipinski definition) is 5. The van der Waals surface area contributed by atoms with E-state index in [-0.39, 0.29) is 11.9 Å². The fourth-order valence-corrected chi connectivity index (χ4v) is 1.70. The molecular weight excluding hydrogens is 246 g/mol. The molecule has 1 aromatic carbocycles. The molecule has 7 heteroatoms. The third-order valence-electron chi connectivity index (χ3n) is 2.62. The van der Waals surface area contributed by atoms with Crippen molar-refractivity contribution in [2.45, 2.75) is 20.4 Å². The van der Waals surface area contributed by atoms with Gasteiger partial charge in [-0.15, -0.1) is 5.10 Å². The van der Waals surface area contributed by atoms with Gasteiger partial charge in [-0.05, 0) is 30.7 Å². The molecule has 1 N–H and O–H groups in total. The van der Waals surface area contributed by atoms with Crippen LogP contribution in [0, 0.1) is 6.92 Å². The molecule has 0 aliphatic carbocycles. The molecule has 0 bridgehead atoms. The summed E-state index contributed by atoms with van der Waals surface area (Å²) >= 11 is 0. The Morgan fingerprint density at radius 3 is 2.89 bits per heavy atom. The molecule has 0 fully saturated rings. The summed E-state index contributed by atoms with van der Waals surface area (Å²) in [6, 6.07) is 5.36. The number of aromatic nitrogens is 4. The number of methoxy groups -OCH3 is 1. The van der Waals surface area contributed by atoms with E-state index in [4.69, 9.17) is 4.74 Å². The van der Waals surface area contributed by atoms with Crippen molar-refractivity contribution < 1.29 is 9.53 Å². The monoisotopic (exact) mass is 261 g/mol. The van der Waals surface area contributed by atoms with Crippen LogP contribution >= 0.6 is 0 Å². The number of para-hydroxylation sites is 1. The number of amides is 1. The summed E-state index contributed by atoms with van der Waals surface area (Å²) in [6.45, 7) is 4.36. The molecule has 2 aromatic rings. The molecule has 0 saturated carbocycles. The number of carbonyl (C=O) groups excluding carboxylic acids is 1.